The second kappa shape index (κ2) is 49.9. The summed E-state index contributed by atoms with van der Waals surface area (Å²) in [6.07, 6.45) is 9.65. The Hall–Kier alpha value is -0.480. The first kappa shape index (κ1) is 33.2. The summed E-state index contributed by atoms with van der Waals surface area (Å²) in [6.45, 7) is 13.3. The molecule has 0 rings (SSSR count). The summed E-state index contributed by atoms with van der Waals surface area (Å²) in [5.41, 5.74) is 0. The highest BCUT2D eigenvalue weighted by Crippen LogP contribution is 2.11. The van der Waals surface area contributed by atoms with Crippen LogP contribution < -0.4 is 5.32 Å². The van der Waals surface area contributed by atoms with Crippen molar-refractivity contribution in [2.45, 2.75) is 66.7 Å². The molecule has 0 aliphatic heterocycles. The van der Waals surface area contributed by atoms with E-state index in [9.17, 15) is 4.79 Å². The van der Waals surface area contributed by atoms with Gasteiger partial charge in [0.25, 0.3) is 0 Å². The molecule has 1 unspecified atom stereocenters. The fourth-order valence-corrected chi connectivity index (χ4v) is 1.12. The van der Waals surface area contributed by atoms with Gasteiger partial charge in [-0.05, 0) is 38.9 Å². The first-order valence-corrected chi connectivity index (χ1v) is 9.76. The Morgan fingerprint density at radius 2 is 1.50 bits per heavy atom. The van der Waals surface area contributed by atoms with Crippen LogP contribution in [0.4, 0.5) is 0 Å². The van der Waals surface area contributed by atoms with E-state index in [0.29, 0.717) is 5.92 Å². The lowest BCUT2D eigenvalue weighted by Gasteiger charge is -2.05. The van der Waals surface area contributed by atoms with Gasteiger partial charge in [-0.15, -0.1) is 0 Å². The molecule has 0 fully saturated rings. The second-order valence-corrected chi connectivity index (χ2v) is 5.24. The summed E-state index contributed by atoms with van der Waals surface area (Å²) in [5.74, 6) is 1.57. The number of hydrogen-bond acceptors (Lipinski definition) is 4. The van der Waals surface area contributed by atoms with Crippen molar-refractivity contribution >= 4 is 18.0 Å². The number of hydrogen-bond donors (Lipinski definition) is 2. The molecular weight excluding hydrogens is 294 g/mol. The number of unbranched alkanes of at least 4 members (excludes halogenated alkanes) is 1. The molecule has 0 aliphatic carbocycles. The number of rotatable bonds is 7. The Kier molecular flexibility index (Phi) is 75.3. The van der Waals surface area contributed by atoms with Crippen LogP contribution in [0.2, 0.25) is 0 Å². The highest BCUT2D eigenvalue weighted by Gasteiger charge is 2.03. The summed E-state index contributed by atoms with van der Waals surface area (Å²) in [6, 6.07) is 0. The molecule has 0 bridgehead atoms. The molecule has 0 amide bonds. The maximum atomic E-state index is 10.4. The summed E-state index contributed by atoms with van der Waals surface area (Å²) >= 11 is 1.86. The molecule has 0 spiro atoms. The van der Waals surface area contributed by atoms with Gasteiger partial charge in [0.15, 0.2) is 0 Å². The quantitative estimate of drug-likeness (QED) is 0.461. The van der Waals surface area contributed by atoms with Gasteiger partial charge in [0.1, 0.15) is 6.29 Å². The zero-order valence-corrected chi connectivity index (χ0v) is 17.3. The first-order valence-electron chi connectivity index (χ1n) is 8.37. The molecular formula is C18H43NO2S. The van der Waals surface area contributed by atoms with Crippen LogP contribution in [0.25, 0.3) is 0 Å². The van der Waals surface area contributed by atoms with Gasteiger partial charge < -0.3 is 15.2 Å². The van der Waals surface area contributed by atoms with Crippen molar-refractivity contribution in [2.24, 2.45) is 5.92 Å². The molecule has 4 heteroatoms. The fraction of sp³-hybridized carbons (Fsp3) is 0.833. The smallest absolute Gasteiger partial charge is 0.123 e. The first-order chi connectivity index (χ1) is 10.6. The number of carbonyl (C=O) groups is 1. The fourth-order valence-electron chi connectivity index (χ4n) is 1.12. The molecule has 0 aliphatic rings. The van der Waals surface area contributed by atoms with E-state index < -0.39 is 0 Å². The predicted octanol–water partition coefficient (Wildman–Crippen LogP) is 5.71. The Balaban J connectivity index is -0.0000000667. The number of aldehydes is 1. The van der Waals surface area contributed by atoms with Crippen molar-refractivity contribution in [3.63, 3.8) is 0 Å². The van der Waals surface area contributed by atoms with E-state index in [2.05, 4.69) is 38.9 Å². The van der Waals surface area contributed by atoms with Gasteiger partial charge in [-0.1, -0.05) is 60.5 Å². The van der Waals surface area contributed by atoms with Crippen molar-refractivity contribution in [1.29, 1.82) is 0 Å². The Morgan fingerprint density at radius 3 is 1.68 bits per heavy atom. The molecule has 3 nitrogen and oxygen atoms in total. The molecule has 0 saturated heterocycles. The number of aliphatic hydroxyl groups is 1. The summed E-state index contributed by atoms with van der Waals surface area (Å²) in [5, 5.41) is 10.1. The summed E-state index contributed by atoms with van der Waals surface area (Å²) < 4.78 is 0. The number of nitrogens with one attached hydrogen (secondary N) is 1. The lowest BCUT2D eigenvalue weighted by molar-refractivity contribution is -0.111. The van der Waals surface area contributed by atoms with Gasteiger partial charge in [0, 0.05) is 5.92 Å². The van der Waals surface area contributed by atoms with Crippen molar-refractivity contribution in [3.8, 4) is 0 Å². The molecule has 2 N–H and O–H groups in total. The van der Waals surface area contributed by atoms with Crippen LogP contribution >= 0.6 is 11.8 Å². The van der Waals surface area contributed by atoms with Gasteiger partial charge in [0.05, 0.1) is 6.26 Å². The zero-order chi connectivity index (χ0) is 18.6. The molecule has 0 saturated carbocycles. The van der Waals surface area contributed by atoms with Gasteiger partial charge in [-0.2, -0.15) is 11.8 Å². The predicted molar refractivity (Wildman–Crippen MR) is 107 cm³/mol. The molecule has 1 atom stereocenters. The molecule has 138 valence electrons. The van der Waals surface area contributed by atoms with Crippen LogP contribution in [-0.4, -0.2) is 37.5 Å². The molecule has 0 aromatic carbocycles. The van der Waals surface area contributed by atoms with E-state index in [1.165, 1.54) is 18.6 Å². The highest BCUT2D eigenvalue weighted by molar-refractivity contribution is 7.98. The van der Waals surface area contributed by atoms with Crippen LogP contribution in [0.3, 0.4) is 0 Å². The lowest BCUT2D eigenvalue weighted by Crippen LogP contribution is -2.00. The van der Waals surface area contributed by atoms with Gasteiger partial charge in [-0.25, -0.2) is 0 Å². The molecule has 22 heavy (non-hydrogen) atoms. The molecule has 0 aromatic rings. The second-order valence-electron chi connectivity index (χ2n) is 4.09. The average molecular weight is 338 g/mol. The average Bonchev–Trinajstić information content (AvgIpc) is 2.55. The van der Waals surface area contributed by atoms with Gasteiger partial charge in [0.2, 0.25) is 0 Å². The molecule has 0 heterocycles. The molecule has 0 radical (unpaired) electrons. The lowest BCUT2D eigenvalue weighted by atomic mass is 9.99. The number of carbonyl (C=O) groups excluding carboxylic acids is 1. The van der Waals surface area contributed by atoms with E-state index in [4.69, 9.17) is 5.11 Å². The van der Waals surface area contributed by atoms with Crippen LogP contribution in [0.5, 0.6) is 0 Å². The minimum Gasteiger partial charge on any atom is -0.516 e. The van der Waals surface area contributed by atoms with Crippen LogP contribution in [0.15, 0.2) is 12.8 Å². The zero-order valence-electron chi connectivity index (χ0n) is 16.4. The Morgan fingerprint density at radius 1 is 1.14 bits per heavy atom. The third kappa shape index (κ3) is 73.9. The largest absolute Gasteiger partial charge is 0.516 e. The third-order valence-corrected chi connectivity index (χ3v) is 2.65. The summed E-state index contributed by atoms with van der Waals surface area (Å²) in [4.78, 5) is 10.4. The minimum absolute atomic E-state index is 0.338. The normalized spacial score (nSPS) is 8.91. The van der Waals surface area contributed by atoms with E-state index in [-0.39, 0.29) is 0 Å². The SMILES string of the molecule is C=CO.CC.CCCCC(C=O)CCC.CCSC.CNC. The van der Waals surface area contributed by atoms with Crippen molar-refractivity contribution < 1.29 is 9.90 Å². The Bertz CT molecular complexity index is 154. The van der Waals surface area contributed by atoms with Gasteiger partial charge >= 0.3 is 0 Å². The van der Waals surface area contributed by atoms with Gasteiger partial charge in [-0.3, -0.25) is 0 Å². The highest BCUT2D eigenvalue weighted by atomic mass is 32.2. The van der Waals surface area contributed by atoms with E-state index in [1.54, 1.807) is 0 Å². The van der Waals surface area contributed by atoms with Crippen LogP contribution in [-0.2, 0) is 4.79 Å². The topological polar surface area (TPSA) is 49.3 Å². The number of thioether (sulfide) groups is 1. The monoisotopic (exact) mass is 337 g/mol. The van der Waals surface area contributed by atoms with Crippen molar-refractivity contribution in [2.75, 3.05) is 26.1 Å². The van der Waals surface area contributed by atoms with Crippen LogP contribution in [0.1, 0.15) is 66.7 Å². The standard InChI is InChI=1S/C9H18O.C3H8S.C2H7N.C2H4O.C2H6/c1-3-5-7-9(8-10)6-4-2;1-3-4-2;1-3-2;1-2-3;1-2/h8-9H,3-7H2,1-2H3;3H2,1-2H3;3H,1-2H3;2-3H,1H2;1-2H3. The minimum atomic E-state index is 0.338. The Labute approximate surface area is 145 Å². The number of aliphatic hydroxyl groups excluding tert-OH is 1. The molecule has 0 aromatic heterocycles. The van der Waals surface area contributed by atoms with Crippen molar-refractivity contribution in [1.82, 2.24) is 5.32 Å². The van der Waals surface area contributed by atoms with E-state index >= 15 is 0 Å². The van der Waals surface area contributed by atoms with E-state index in [1.807, 2.05) is 39.7 Å². The maximum absolute atomic E-state index is 10.4. The van der Waals surface area contributed by atoms with Crippen molar-refractivity contribution in [3.05, 3.63) is 12.8 Å². The maximum Gasteiger partial charge on any atom is 0.123 e. The van der Waals surface area contributed by atoms with E-state index in [0.717, 1.165) is 31.8 Å². The van der Waals surface area contributed by atoms with Crippen LogP contribution in [0, 0.1) is 5.92 Å². The third-order valence-electron chi connectivity index (χ3n) is 2.07. The summed E-state index contributed by atoms with van der Waals surface area (Å²) in [7, 11) is 3.75.